The number of halogens is 1. The molecule has 7 nitrogen and oxygen atoms in total. The quantitative estimate of drug-likeness (QED) is 0.598. The van der Waals surface area contributed by atoms with Crippen molar-refractivity contribution in [2.24, 2.45) is 17.3 Å². The number of carbonyl (C=O) groups excluding carboxylic acids is 3. The minimum Gasteiger partial charge on any atom is -0.384 e. The number of nitrogens with one attached hydrogen (secondary N) is 1. The van der Waals surface area contributed by atoms with E-state index in [1.807, 2.05) is 44.7 Å². The van der Waals surface area contributed by atoms with Crippen molar-refractivity contribution in [3.8, 4) is 0 Å². The van der Waals surface area contributed by atoms with Crippen molar-refractivity contribution in [3.05, 3.63) is 34.9 Å². The van der Waals surface area contributed by atoms with Gasteiger partial charge in [0.25, 0.3) is 0 Å². The molecule has 2 aliphatic heterocycles. The van der Waals surface area contributed by atoms with Crippen molar-refractivity contribution in [3.63, 3.8) is 0 Å². The van der Waals surface area contributed by atoms with Crippen molar-refractivity contribution in [1.82, 2.24) is 15.1 Å². The lowest BCUT2D eigenvalue weighted by Gasteiger charge is -2.51. The highest BCUT2D eigenvalue weighted by Crippen LogP contribution is 2.47. The van der Waals surface area contributed by atoms with Crippen molar-refractivity contribution in [2.45, 2.75) is 90.3 Å². The average Bonchev–Trinajstić information content (AvgIpc) is 3.46. The molecule has 0 radical (unpaired) electrons. The van der Waals surface area contributed by atoms with Gasteiger partial charge in [-0.3, -0.25) is 14.4 Å². The van der Waals surface area contributed by atoms with Crippen LogP contribution in [0.4, 0.5) is 0 Å². The SMILES string of the molecule is CC(=O)N1CCCC12CCC(C(=O)NC(C(=O)N1CCC(O)(c3ccc(Cl)cc3)C(C)(C)C1)C(C)C)C2. The van der Waals surface area contributed by atoms with Crippen molar-refractivity contribution >= 4 is 29.3 Å². The van der Waals surface area contributed by atoms with E-state index >= 15 is 0 Å². The summed E-state index contributed by atoms with van der Waals surface area (Å²) in [5.41, 5.74) is -1.10. The normalized spacial score (nSPS) is 30.1. The number of piperidine rings is 1. The third kappa shape index (κ3) is 5.14. The molecule has 4 atom stereocenters. The number of carbonyl (C=O) groups is 3. The predicted octanol–water partition coefficient (Wildman–Crippen LogP) is 4.11. The first kappa shape index (κ1) is 27.9. The van der Waals surface area contributed by atoms with Gasteiger partial charge in [-0.2, -0.15) is 0 Å². The zero-order valence-electron chi connectivity index (χ0n) is 22.8. The highest BCUT2D eigenvalue weighted by Gasteiger charge is 2.52. The van der Waals surface area contributed by atoms with Gasteiger partial charge in [0.05, 0.1) is 5.60 Å². The van der Waals surface area contributed by atoms with Crippen molar-refractivity contribution < 1.29 is 19.5 Å². The molecule has 0 aromatic heterocycles. The summed E-state index contributed by atoms with van der Waals surface area (Å²) in [6.07, 6.45) is 4.57. The van der Waals surface area contributed by atoms with E-state index in [1.54, 1.807) is 24.0 Å². The van der Waals surface area contributed by atoms with Crippen LogP contribution in [0.2, 0.25) is 5.02 Å². The molecule has 204 valence electrons. The fourth-order valence-electron chi connectivity index (χ4n) is 6.98. The summed E-state index contributed by atoms with van der Waals surface area (Å²) < 4.78 is 0. The van der Waals surface area contributed by atoms with E-state index in [0.717, 1.165) is 37.8 Å². The van der Waals surface area contributed by atoms with E-state index in [4.69, 9.17) is 11.6 Å². The van der Waals surface area contributed by atoms with E-state index in [-0.39, 0.29) is 35.1 Å². The minimum atomic E-state index is -1.09. The van der Waals surface area contributed by atoms with Gasteiger partial charge in [-0.15, -0.1) is 0 Å². The molecule has 1 saturated carbocycles. The lowest BCUT2D eigenvalue weighted by molar-refractivity contribution is -0.157. The summed E-state index contributed by atoms with van der Waals surface area (Å²) in [7, 11) is 0. The van der Waals surface area contributed by atoms with Crippen LogP contribution in [-0.4, -0.2) is 63.8 Å². The molecule has 4 unspecified atom stereocenters. The van der Waals surface area contributed by atoms with Crippen LogP contribution in [-0.2, 0) is 20.0 Å². The third-order valence-electron chi connectivity index (χ3n) is 9.25. The predicted molar refractivity (Wildman–Crippen MR) is 144 cm³/mol. The number of benzene rings is 1. The van der Waals surface area contributed by atoms with Crippen LogP contribution in [0.5, 0.6) is 0 Å². The number of likely N-dealkylation sites (tertiary alicyclic amines) is 2. The molecule has 1 aliphatic carbocycles. The zero-order valence-corrected chi connectivity index (χ0v) is 23.6. The van der Waals surface area contributed by atoms with Gasteiger partial charge in [0, 0.05) is 48.5 Å². The molecule has 3 amide bonds. The third-order valence-corrected chi connectivity index (χ3v) is 9.50. The molecule has 1 aromatic rings. The molecule has 3 fully saturated rings. The Morgan fingerprint density at radius 2 is 1.76 bits per heavy atom. The Bertz CT molecular complexity index is 1040. The minimum absolute atomic E-state index is 0.0767. The van der Waals surface area contributed by atoms with Gasteiger partial charge in [-0.25, -0.2) is 0 Å². The molecule has 37 heavy (non-hydrogen) atoms. The lowest BCUT2D eigenvalue weighted by Crippen LogP contribution is -2.60. The first-order chi connectivity index (χ1) is 17.3. The molecule has 2 saturated heterocycles. The second-order valence-electron chi connectivity index (χ2n) is 12.4. The average molecular weight is 532 g/mol. The molecule has 8 heteroatoms. The fraction of sp³-hybridized carbons (Fsp3) is 0.690. The summed E-state index contributed by atoms with van der Waals surface area (Å²) in [5.74, 6) is -0.379. The monoisotopic (exact) mass is 531 g/mol. The molecule has 1 spiro atoms. The first-order valence-corrected chi connectivity index (χ1v) is 14.0. The largest absolute Gasteiger partial charge is 0.384 e. The number of hydrogen-bond donors (Lipinski definition) is 2. The Labute approximate surface area is 225 Å². The highest BCUT2D eigenvalue weighted by molar-refractivity contribution is 6.30. The Morgan fingerprint density at radius 3 is 2.35 bits per heavy atom. The van der Waals surface area contributed by atoms with E-state index < -0.39 is 17.1 Å². The van der Waals surface area contributed by atoms with Crippen molar-refractivity contribution in [2.75, 3.05) is 19.6 Å². The lowest BCUT2D eigenvalue weighted by atomic mass is 9.66. The van der Waals surface area contributed by atoms with E-state index in [9.17, 15) is 19.5 Å². The van der Waals surface area contributed by atoms with Crippen LogP contribution >= 0.6 is 11.6 Å². The second kappa shape index (κ2) is 10.2. The van der Waals surface area contributed by atoms with E-state index in [2.05, 4.69) is 5.32 Å². The molecule has 1 aromatic carbocycles. The molecule has 4 rings (SSSR count). The number of amides is 3. The number of rotatable bonds is 5. The number of nitrogens with zero attached hydrogens (tertiary/aromatic N) is 2. The van der Waals surface area contributed by atoms with Crippen molar-refractivity contribution in [1.29, 1.82) is 0 Å². The first-order valence-electron chi connectivity index (χ1n) is 13.7. The molecule has 2 N–H and O–H groups in total. The topological polar surface area (TPSA) is 90.0 Å². The summed E-state index contributed by atoms with van der Waals surface area (Å²) in [6, 6.07) is 6.63. The smallest absolute Gasteiger partial charge is 0.245 e. The zero-order chi connectivity index (χ0) is 27.2. The Kier molecular flexibility index (Phi) is 7.70. The number of hydrogen-bond acceptors (Lipinski definition) is 4. The van der Waals surface area contributed by atoms with Gasteiger partial charge in [0.1, 0.15) is 6.04 Å². The molecular weight excluding hydrogens is 490 g/mol. The Balaban J connectivity index is 1.43. The van der Waals surface area contributed by atoms with Gasteiger partial charge in [-0.1, -0.05) is 51.4 Å². The van der Waals surface area contributed by atoms with Gasteiger partial charge < -0.3 is 20.2 Å². The molecule has 2 heterocycles. The van der Waals surface area contributed by atoms with Gasteiger partial charge in [-0.05, 0) is 62.1 Å². The van der Waals surface area contributed by atoms with Crippen LogP contribution in [0.25, 0.3) is 0 Å². The Hall–Kier alpha value is -2.12. The summed E-state index contributed by atoms with van der Waals surface area (Å²) in [5, 5.41) is 15.4. The van der Waals surface area contributed by atoms with Gasteiger partial charge in [0.2, 0.25) is 17.7 Å². The van der Waals surface area contributed by atoms with Crippen LogP contribution in [0.3, 0.4) is 0 Å². The van der Waals surface area contributed by atoms with Crippen LogP contribution in [0, 0.1) is 17.3 Å². The standard InChI is InChI=1S/C29H42ClN3O4/c1-19(2)24(31-25(35)21-11-13-28(17-21)12-6-15-33(28)20(3)34)26(36)32-16-14-29(37,27(4,5)18-32)22-7-9-23(30)10-8-22/h7-10,19,21,24,37H,6,11-18H2,1-5H3,(H,31,35). The van der Waals surface area contributed by atoms with Gasteiger partial charge >= 0.3 is 0 Å². The maximum Gasteiger partial charge on any atom is 0.245 e. The maximum absolute atomic E-state index is 13.7. The maximum atomic E-state index is 13.7. The van der Waals surface area contributed by atoms with E-state index in [1.165, 1.54) is 0 Å². The van der Waals surface area contributed by atoms with Crippen LogP contribution in [0.15, 0.2) is 24.3 Å². The molecular formula is C29H42ClN3O4. The van der Waals surface area contributed by atoms with E-state index in [0.29, 0.717) is 31.0 Å². The Morgan fingerprint density at radius 1 is 1.08 bits per heavy atom. The fourth-order valence-corrected chi connectivity index (χ4v) is 7.11. The summed E-state index contributed by atoms with van der Waals surface area (Å²) >= 11 is 6.05. The number of aliphatic hydroxyl groups is 1. The second-order valence-corrected chi connectivity index (χ2v) is 12.9. The highest BCUT2D eigenvalue weighted by atomic mass is 35.5. The molecule has 0 bridgehead atoms. The van der Waals surface area contributed by atoms with Crippen LogP contribution < -0.4 is 5.32 Å². The van der Waals surface area contributed by atoms with Gasteiger partial charge in [0.15, 0.2) is 0 Å². The summed E-state index contributed by atoms with van der Waals surface area (Å²) in [4.78, 5) is 43.0. The molecule has 3 aliphatic rings. The summed E-state index contributed by atoms with van der Waals surface area (Å²) in [6.45, 7) is 11.0. The van der Waals surface area contributed by atoms with Crippen LogP contribution in [0.1, 0.15) is 78.7 Å².